The maximum Gasteiger partial charge on any atom is 0.298 e. The number of aryl methyl sites for hydroxylation is 3. The number of rotatable bonds is 11. The predicted octanol–water partition coefficient (Wildman–Crippen LogP) is 9.44. The van der Waals surface area contributed by atoms with Crippen molar-refractivity contribution in [3.63, 3.8) is 0 Å². The Morgan fingerprint density at radius 3 is 1.09 bits per heavy atom. The van der Waals surface area contributed by atoms with Crippen LogP contribution in [0, 0.1) is 20.8 Å². The molecule has 0 amide bonds. The van der Waals surface area contributed by atoms with E-state index in [0.717, 1.165) is 50.9 Å². The van der Waals surface area contributed by atoms with Crippen molar-refractivity contribution in [1.82, 2.24) is 0 Å². The number of hydrogen-bond acceptors (Lipinski definition) is 6. The van der Waals surface area contributed by atoms with Crippen molar-refractivity contribution in [3.8, 4) is 17.2 Å². The third-order valence-electron chi connectivity index (χ3n) is 8.93. The molecule has 1 unspecified atom stereocenters. The summed E-state index contributed by atoms with van der Waals surface area (Å²) in [5.74, 6) is 1.78. The van der Waals surface area contributed by atoms with Gasteiger partial charge in [-0.1, -0.05) is 87.4 Å². The normalized spacial score (nSPS) is 12.9. The molecule has 248 valence electrons. The maximum atomic E-state index is 11.5. The molecule has 0 aliphatic carbocycles. The van der Waals surface area contributed by atoms with Gasteiger partial charge in [0.05, 0.1) is 0 Å². The third-order valence-corrected chi connectivity index (χ3v) is 8.93. The van der Waals surface area contributed by atoms with Gasteiger partial charge in [-0.3, -0.25) is 14.4 Å². The van der Waals surface area contributed by atoms with E-state index in [-0.39, 0.29) is 28.1 Å². The van der Waals surface area contributed by atoms with Gasteiger partial charge >= 0.3 is 0 Å². The second-order valence-corrected chi connectivity index (χ2v) is 15.7. The molecule has 0 fully saturated rings. The minimum atomic E-state index is -0.281. The Morgan fingerprint density at radius 2 is 0.804 bits per heavy atom. The second-order valence-electron chi connectivity index (χ2n) is 15.7. The van der Waals surface area contributed by atoms with Gasteiger partial charge in [-0.05, 0) is 101 Å². The lowest BCUT2D eigenvalue weighted by Crippen LogP contribution is -2.19. The molecular formula is C40H52O6. The highest BCUT2D eigenvalue weighted by Gasteiger charge is 2.30. The first-order valence-corrected chi connectivity index (χ1v) is 16.0. The van der Waals surface area contributed by atoms with Crippen LogP contribution in [0.2, 0.25) is 0 Å². The largest absolute Gasteiger partial charge is 0.428 e. The van der Waals surface area contributed by atoms with Gasteiger partial charge in [0.1, 0.15) is 17.2 Å². The Kier molecular flexibility index (Phi) is 11.0. The van der Waals surface area contributed by atoms with Crippen molar-refractivity contribution in [1.29, 1.82) is 0 Å². The van der Waals surface area contributed by atoms with E-state index >= 15 is 0 Å². The highest BCUT2D eigenvalue weighted by atomic mass is 16.5. The van der Waals surface area contributed by atoms with Crippen LogP contribution >= 0.6 is 0 Å². The topological polar surface area (TPSA) is 78.9 Å². The summed E-state index contributed by atoms with van der Waals surface area (Å²) >= 11 is 0. The molecular weight excluding hydrogens is 576 g/mol. The van der Waals surface area contributed by atoms with Gasteiger partial charge in [0, 0.05) is 22.6 Å². The van der Waals surface area contributed by atoms with Crippen LogP contribution in [-0.2, 0) is 30.6 Å². The van der Waals surface area contributed by atoms with E-state index in [1.165, 1.54) is 5.56 Å². The number of benzene rings is 3. The lowest BCUT2D eigenvalue weighted by atomic mass is 9.74. The monoisotopic (exact) mass is 628 g/mol. The number of ether oxygens (including phenoxy) is 3. The van der Waals surface area contributed by atoms with E-state index in [4.69, 9.17) is 14.2 Å². The SMILES string of the molecule is Cc1cc(OC=O)c(C(C)(C)C)cc1C(C)CC(c1cc(C(C)(C)C)c(OC=O)cc1C)c1cc(C(C)(C)C)c(OC=O)cc1C. The van der Waals surface area contributed by atoms with E-state index in [9.17, 15) is 14.4 Å². The molecule has 0 spiro atoms. The average Bonchev–Trinajstić information content (AvgIpc) is 2.91. The zero-order valence-electron chi connectivity index (χ0n) is 30.0. The van der Waals surface area contributed by atoms with Crippen LogP contribution in [0.25, 0.3) is 0 Å². The summed E-state index contributed by atoms with van der Waals surface area (Å²) in [6.07, 6.45) is 0.773. The zero-order valence-corrected chi connectivity index (χ0v) is 30.0. The van der Waals surface area contributed by atoms with E-state index in [0.29, 0.717) is 36.7 Å². The van der Waals surface area contributed by atoms with E-state index in [1.54, 1.807) is 0 Å². The lowest BCUT2D eigenvalue weighted by Gasteiger charge is -2.31. The summed E-state index contributed by atoms with van der Waals surface area (Å²) < 4.78 is 16.4. The molecule has 0 N–H and O–H groups in total. The average molecular weight is 629 g/mol. The molecule has 0 aliphatic rings. The molecule has 0 saturated heterocycles. The van der Waals surface area contributed by atoms with E-state index in [2.05, 4.69) is 108 Å². The Balaban J connectivity index is 2.36. The molecule has 3 rings (SSSR count). The molecule has 6 nitrogen and oxygen atoms in total. The van der Waals surface area contributed by atoms with Crippen LogP contribution < -0.4 is 14.2 Å². The summed E-state index contributed by atoms with van der Waals surface area (Å²) in [7, 11) is 0. The van der Waals surface area contributed by atoms with E-state index < -0.39 is 0 Å². The molecule has 1 atom stereocenters. The third kappa shape index (κ3) is 8.07. The molecule has 0 bridgehead atoms. The molecule has 6 heteroatoms. The summed E-state index contributed by atoms with van der Waals surface area (Å²) in [6.45, 7) is 29.0. The van der Waals surface area contributed by atoms with Crippen molar-refractivity contribution >= 4 is 19.4 Å². The predicted molar refractivity (Wildman–Crippen MR) is 185 cm³/mol. The van der Waals surface area contributed by atoms with Crippen LogP contribution in [0.5, 0.6) is 17.2 Å². The van der Waals surface area contributed by atoms with Gasteiger partial charge < -0.3 is 14.2 Å². The van der Waals surface area contributed by atoms with Gasteiger partial charge in [0.15, 0.2) is 0 Å². The molecule has 46 heavy (non-hydrogen) atoms. The lowest BCUT2D eigenvalue weighted by molar-refractivity contribution is -0.121. The first kappa shape index (κ1) is 36.5. The van der Waals surface area contributed by atoms with Crippen LogP contribution in [0.3, 0.4) is 0 Å². The van der Waals surface area contributed by atoms with Crippen molar-refractivity contribution in [3.05, 3.63) is 86.5 Å². The van der Waals surface area contributed by atoms with Crippen molar-refractivity contribution in [2.24, 2.45) is 0 Å². The molecule has 0 saturated carbocycles. The first-order chi connectivity index (χ1) is 21.2. The van der Waals surface area contributed by atoms with Crippen LogP contribution in [0.4, 0.5) is 0 Å². The maximum absolute atomic E-state index is 11.5. The molecule has 3 aromatic rings. The molecule has 0 aromatic heterocycles. The number of carbonyl (C=O) groups excluding carboxylic acids is 3. The number of hydrogen-bond donors (Lipinski definition) is 0. The Morgan fingerprint density at radius 1 is 0.522 bits per heavy atom. The zero-order chi connectivity index (χ0) is 34.8. The van der Waals surface area contributed by atoms with Crippen LogP contribution in [0.15, 0.2) is 36.4 Å². The summed E-state index contributed by atoms with van der Waals surface area (Å²) in [4.78, 5) is 34.3. The van der Waals surface area contributed by atoms with Gasteiger partial charge in [0.2, 0.25) is 0 Å². The molecule has 0 radical (unpaired) electrons. The number of carbonyl (C=O) groups is 3. The van der Waals surface area contributed by atoms with Gasteiger partial charge in [0.25, 0.3) is 19.4 Å². The van der Waals surface area contributed by atoms with Gasteiger partial charge in [-0.2, -0.15) is 0 Å². The van der Waals surface area contributed by atoms with E-state index in [1.807, 2.05) is 18.2 Å². The quantitative estimate of drug-likeness (QED) is 0.197. The van der Waals surface area contributed by atoms with Crippen molar-refractivity contribution < 1.29 is 28.6 Å². The Labute approximate surface area is 275 Å². The van der Waals surface area contributed by atoms with Crippen LogP contribution in [-0.4, -0.2) is 19.4 Å². The summed E-state index contributed by atoms with van der Waals surface area (Å²) in [5.41, 5.74) is 8.68. The summed E-state index contributed by atoms with van der Waals surface area (Å²) in [5, 5.41) is 0. The fourth-order valence-corrected chi connectivity index (χ4v) is 6.48. The van der Waals surface area contributed by atoms with Crippen LogP contribution in [0.1, 0.15) is 138 Å². The fraction of sp³-hybridized carbons (Fsp3) is 0.475. The Bertz CT molecular complexity index is 1520. The van der Waals surface area contributed by atoms with Gasteiger partial charge in [-0.25, -0.2) is 0 Å². The molecule has 0 heterocycles. The smallest absolute Gasteiger partial charge is 0.298 e. The minimum Gasteiger partial charge on any atom is -0.428 e. The first-order valence-electron chi connectivity index (χ1n) is 16.0. The fourth-order valence-electron chi connectivity index (χ4n) is 6.48. The highest BCUT2D eigenvalue weighted by molar-refractivity contribution is 5.58. The van der Waals surface area contributed by atoms with Gasteiger partial charge in [-0.15, -0.1) is 0 Å². The summed E-state index contributed by atoms with van der Waals surface area (Å²) in [6, 6.07) is 12.5. The molecule has 0 aliphatic heterocycles. The highest BCUT2D eigenvalue weighted by Crippen LogP contribution is 2.46. The Hall–Kier alpha value is -3.93. The van der Waals surface area contributed by atoms with Crippen molar-refractivity contribution in [2.45, 2.75) is 125 Å². The second kappa shape index (κ2) is 13.8. The molecule has 3 aromatic carbocycles. The standard InChI is InChI=1S/C40H52O6/c1-24(28-18-32(38(5,6)7)35(44-21-41)15-25(28)2)14-31(29-19-33(39(8,9)10)36(45-22-42)16-26(29)3)30-20-34(40(11,12)13)37(46-23-43)17-27(30)4/h15-24,31H,14H2,1-13H3. The minimum absolute atomic E-state index is 0.0452. The van der Waals surface area contributed by atoms with Crippen molar-refractivity contribution in [2.75, 3.05) is 0 Å².